The van der Waals surface area contributed by atoms with Gasteiger partial charge in [-0.15, -0.1) is 0 Å². The summed E-state index contributed by atoms with van der Waals surface area (Å²) < 4.78 is 0. The summed E-state index contributed by atoms with van der Waals surface area (Å²) in [5.74, 6) is 2.35. The van der Waals surface area contributed by atoms with Gasteiger partial charge in [-0.3, -0.25) is 0 Å². The molecular weight excluding hydrogens is 248 g/mol. The van der Waals surface area contributed by atoms with E-state index in [1.165, 1.54) is 0 Å². The van der Waals surface area contributed by atoms with Gasteiger partial charge in [0.25, 0.3) is 0 Å². The number of hydrogen-bond donors (Lipinski definition) is 2. The fourth-order valence-electron chi connectivity index (χ4n) is 2.16. The Labute approximate surface area is 112 Å². The van der Waals surface area contributed by atoms with Gasteiger partial charge < -0.3 is 15.3 Å². The standard InChI is InChI=1S/C12H20N4OS/c1-13-10-6-11(15-12(14-10)18-3)16(2)7-8-4-9(17)5-8/h6,8-9,17H,4-5,7H2,1-3H3,(H,13,14,15). The molecule has 2 rings (SSSR count). The Bertz CT molecular complexity index is 387. The minimum absolute atomic E-state index is 0.0940. The molecule has 2 N–H and O–H groups in total. The maximum atomic E-state index is 9.31. The SMILES string of the molecule is CNc1cc(N(C)CC2CC(O)C2)nc(SC)n1. The van der Waals surface area contributed by atoms with Crippen LogP contribution in [-0.4, -0.2) is 48.1 Å². The molecule has 1 aliphatic carbocycles. The molecule has 5 nitrogen and oxygen atoms in total. The number of thioether (sulfide) groups is 1. The molecule has 1 saturated carbocycles. The summed E-state index contributed by atoms with van der Waals surface area (Å²) in [6.07, 6.45) is 3.69. The van der Waals surface area contributed by atoms with Gasteiger partial charge in [0.1, 0.15) is 11.6 Å². The molecule has 0 bridgehead atoms. The van der Waals surface area contributed by atoms with Gasteiger partial charge in [-0.05, 0) is 25.0 Å². The molecule has 6 heteroatoms. The van der Waals surface area contributed by atoms with E-state index in [1.54, 1.807) is 11.8 Å². The van der Waals surface area contributed by atoms with Crippen LogP contribution < -0.4 is 10.2 Å². The Morgan fingerprint density at radius 1 is 1.50 bits per heavy atom. The van der Waals surface area contributed by atoms with E-state index in [2.05, 4.69) is 20.2 Å². The first kappa shape index (κ1) is 13.4. The lowest BCUT2D eigenvalue weighted by Gasteiger charge is -2.34. The quantitative estimate of drug-likeness (QED) is 0.622. The smallest absolute Gasteiger partial charge is 0.191 e. The molecule has 1 aromatic rings. The molecule has 0 aliphatic heterocycles. The largest absolute Gasteiger partial charge is 0.393 e. The second kappa shape index (κ2) is 5.75. The van der Waals surface area contributed by atoms with Gasteiger partial charge in [0.15, 0.2) is 5.16 Å². The summed E-state index contributed by atoms with van der Waals surface area (Å²) in [5, 5.41) is 13.1. The van der Waals surface area contributed by atoms with Gasteiger partial charge in [0.2, 0.25) is 0 Å². The maximum Gasteiger partial charge on any atom is 0.191 e. The van der Waals surface area contributed by atoms with E-state index in [1.807, 2.05) is 26.4 Å². The minimum Gasteiger partial charge on any atom is -0.393 e. The summed E-state index contributed by atoms with van der Waals surface area (Å²) in [7, 11) is 3.90. The number of aliphatic hydroxyl groups excluding tert-OH is 1. The van der Waals surface area contributed by atoms with Crippen LogP contribution in [0.15, 0.2) is 11.2 Å². The lowest BCUT2D eigenvalue weighted by atomic mass is 9.82. The first-order valence-corrected chi connectivity index (χ1v) is 7.35. The van der Waals surface area contributed by atoms with Crippen molar-refractivity contribution >= 4 is 23.4 Å². The van der Waals surface area contributed by atoms with Crippen LogP contribution in [0.2, 0.25) is 0 Å². The highest BCUT2D eigenvalue weighted by Crippen LogP contribution is 2.29. The molecule has 0 radical (unpaired) electrons. The molecule has 1 fully saturated rings. The van der Waals surface area contributed by atoms with E-state index in [9.17, 15) is 5.11 Å². The van der Waals surface area contributed by atoms with Crippen molar-refractivity contribution < 1.29 is 5.11 Å². The zero-order valence-electron chi connectivity index (χ0n) is 11.1. The number of aromatic nitrogens is 2. The van der Waals surface area contributed by atoms with E-state index in [0.29, 0.717) is 5.92 Å². The summed E-state index contributed by atoms with van der Waals surface area (Å²) >= 11 is 1.54. The van der Waals surface area contributed by atoms with Gasteiger partial charge in [-0.2, -0.15) is 0 Å². The van der Waals surface area contributed by atoms with Crippen LogP contribution in [0.3, 0.4) is 0 Å². The van der Waals surface area contributed by atoms with Gasteiger partial charge in [-0.25, -0.2) is 9.97 Å². The zero-order valence-corrected chi connectivity index (χ0v) is 11.9. The molecule has 0 spiro atoms. The molecular formula is C12H20N4OS. The molecule has 0 atom stereocenters. The van der Waals surface area contributed by atoms with Crippen LogP contribution in [0.4, 0.5) is 11.6 Å². The van der Waals surface area contributed by atoms with Crippen molar-refractivity contribution in [2.45, 2.75) is 24.1 Å². The number of anilines is 2. The highest BCUT2D eigenvalue weighted by Gasteiger charge is 2.28. The van der Waals surface area contributed by atoms with Crippen molar-refractivity contribution in [1.29, 1.82) is 0 Å². The fourth-order valence-corrected chi connectivity index (χ4v) is 2.53. The number of nitrogens with zero attached hydrogens (tertiary/aromatic N) is 3. The third-order valence-electron chi connectivity index (χ3n) is 3.26. The van der Waals surface area contributed by atoms with E-state index in [-0.39, 0.29) is 6.10 Å². The van der Waals surface area contributed by atoms with E-state index in [4.69, 9.17) is 0 Å². The number of hydrogen-bond acceptors (Lipinski definition) is 6. The first-order chi connectivity index (χ1) is 8.62. The van der Waals surface area contributed by atoms with Gasteiger partial charge >= 0.3 is 0 Å². The van der Waals surface area contributed by atoms with Crippen LogP contribution in [0.25, 0.3) is 0 Å². The van der Waals surface area contributed by atoms with Crippen molar-refractivity contribution in [2.75, 3.05) is 37.1 Å². The van der Waals surface area contributed by atoms with Gasteiger partial charge in [0, 0.05) is 26.7 Å². The Morgan fingerprint density at radius 3 is 2.78 bits per heavy atom. The predicted octanol–water partition coefficient (Wildman–Crippen LogP) is 1.45. The first-order valence-electron chi connectivity index (χ1n) is 6.12. The molecule has 18 heavy (non-hydrogen) atoms. The second-order valence-corrected chi connectivity index (χ2v) is 5.49. The Hall–Kier alpha value is -1.01. The van der Waals surface area contributed by atoms with Crippen LogP contribution in [0.5, 0.6) is 0 Å². The summed E-state index contributed by atoms with van der Waals surface area (Å²) in [5.41, 5.74) is 0. The number of nitrogens with one attached hydrogen (secondary N) is 1. The topological polar surface area (TPSA) is 61.3 Å². The van der Waals surface area contributed by atoms with E-state index >= 15 is 0 Å². The highest BCUT2D eigenvalue weighted by atomic mass is 32.2. The van der Waals surface area contributed by atoms with Crippen LogP contribution in [0.1, 0.15) is 12.8 Å². The molecule has 1 aromatic heterocycles. The molecule has 1 heterocycles. The Balaban J connectivity index is 2.06. The maximum absolute atomic E-state index is 9.31. The van der Waals surface area contributed by atoms with Crippen molar-refractivity contribution in [2.24, 2.45) is 5.92 Å². The van der Waals surface area contributed by atoms with Crippen LogP contribution in [-0.2, 0) is 0 Å². The van der Waals surface area contributed by atoms with Crippen molar-refractivity contribution in [3.8, 4) is 0 Å². The number of aliphatic hydroxyl groups is 1. The van der Waals surface area contributed by atoms with Gasteiger partial charge in [0.05, 0.1) is 6.10 Å². The molecule has 1 aliphatic rings. The fraction of sp³-hybridized carbons (Fsp3) is 0.667. The normalized spacial score (nSPS) is 22.4. The van der Waals surface area contributed by atoms with E-state index in [0.717, 1.165) is 36.2 Å². The molecule has 0 amide bonds. The van der Waals surface area contributed by atoms with Gasteiger partial charge in [-0.1, -0.05) is 11.8 Å². The molecule has 100 valence electrons. The number of rotatable bonds is 5. The second-order valence-electron chi connectivity index (χ2n) is 4.72. The summed E-state index contributed by atoms with van der Waals surface area (Å²) in [6.45, 7) is 0.936. The molecule has 0 aromatic carbocycles. The van der Waals surface area contributed by atoms with Crippen LogP contribution >= 0.6 is 11.8 Å². The summed E-state index contributed by atoms with van der Waals surface area (Å²) in [6, 6.07) is 1.95. The average molecular weight is 268 g/mol. The van der Waals surface area contributed by atoms with Crippen molar-refractivity contribution in [3.05, 3.63) is 6.07 Å². The third kappa shape index (κ3) is 3.05. The Morgan fingerprint density at radius 2 is 2.22 bits per heavy atom. The third-order valence-corrected chi connectivity index (χ3v) is 3.81. The molecule has 0 unspecified atom stereocenters. The highest BCUT2D eigenvalue weighted by molar-refractivity contribution is 7.98. The van der Waals surface area contributed by atoms with Crippen LogP contribution in [0, 0.1) is 5.92 Å². The molecule has 0 saturated heterocycles. The van der Waals surface area contributed by atoms with Crippen molar-refractivity contribution in [1.82, 2.24) is 9.97 Å². The van der Waals surface area contributed by atoms with Crippen molar-refractivity contribution in [3.63, 3.8) is 0 Å². The monoisotopic (exact) mass is 268 g/mol. The Kier molecular flexibility index (Phi) is 4.29. The van der Waals surface area contributed by atoms with E-state index < -0.39 is 0 Å². The predicted molar refractivity (Wildman–Crippen MR) is 75.4 cm³/mol. The zero-order chi connectivity index (χ0) is 13.1. The lowest BCUT2D eigenvalue weighted by molar-refractivity contribution is 0.0464. The lowest BCUT2D eigenvalue weighted by Crippen LogP contribution is -2.37. The minimum atomic E-state index is -0.0940. The summed E-state index contributed by atoms with van der Waals surface area (Å²) in [4.78, 5) is 11.0. The average Bonchev–Trinajstić information content (AvgIpc) is 2.36.